The summed E-state index contributed by atoms with van der Waals surface area (Å²) < 4.78 is 55.7. The van der Waals surface area contributed by atoms with E-state index in [2.05, 4.69) is 132 Å². The minimum atomic E-state index is -0.374. The van der Waals surface area contributed by atoms with Crippen LogP contribution in [0.2, 0.25) is 5.02 Å². The molecular weight excluding hydrogens is 1850 g/mol. The Morgan fingerprint density at radius 1 is 0.297 bits per heavy atom. The smallest absolute Gasteiger partial charge is 0.148 e. The molecule has 145 heavy (non-hydrogen) atoms. The molecule has 0 aliphatic carbocycles. The van der Waals surface area contributed by atoms with Crippen molar-refractivity contribution >= 4 is 95.9 Å². The van der Waals surface area contributed by atoms with Gasteiger partial charge >= 0.3 is 0 Å². The van der Waals surface area contributed by atoms with Crippen molar-refractivity contribution in [2.75, 3.05) is 90.5 Å². The first-order chi connectivity index (χ1) is 70.7. The van der Waals surface area contributed by atoms with Gasteiger partial charge in [0.2, 0.25) is 0 Å². The second kappa shape index (κ2) is 44.1. The van der Waals surface area contributed by atoms with E-state index in [1.54, 1.807) is 86.1 Å². The maximum atomic E-state index is 13.4. The van der Waals surface area contributed by atoms with Crippen molar-refractivity contribution < 1.29 is 17.9 Å². The van der Waals surface area contributed by atoms with Crippen LogP contribution in [0.3, 0.4) is 0 Å². The van der Waals surface area contributed by atoms with E-state index in [0.717, 1.165) is 265 Å². The topological polar surface area (TPSA) is 291 Å². The van der Waals surface area contributed by atoms with E-state index in [1.807, 2.05) is 135 Å². The van der Waals surface area contributed by atoms with Gasteiger partial charge in [-0.05, 0) is 291 Å². The number of halogens is 4. The third kappa shape index (κ3) is 21.3. The summed E-state index contributed by atoms with van der Waals surface area (Å²) in [6.45, 7) is 18.5. The number of nitrogens with one attached hydrogen (secondary N) is 1. The summed E-state index contributed by atoms with van der Waals surface area (Å²) in [5.74, 6) is 10.1. The van der Waals surface area contributed by atoms with E-state index < -0.39 is 0 Å². The molecule has 5 saturated heterocycles. The molecule has 0 atom stereocenters. The molecule has 29 nitrogen and oxygen atoms in total. The maximum absolute atomic E-state index is 13.4. The molecule has 23 heterocycles. The number of pyridine rings is 13. The van der Waals surface area contributed by atoms with Crippen LogP contribution >= 0.6 is 11.6 Å². The lowest BCUT2D eigenvalue weighted by Gasteiger charge is -2.28. The van der Waals surface area contributed by atoms with Crippen LogP contribution in [0.1, 0.15) is 120 Å². The monoisotopic (exact) mass is 1950 g/mol. The highest BCUT2D eigenvalue weighted by Crippen LogP contribution is 2.39. The van der Waals surface area contributed by atoms with Crippen molar-refractivity contribution in [3.8, 4) is 85.8 Å². The Bertz CT molecular complexity index is 7400. The van der Waals surface area contributed by atoms with Gasteiger partial charge in [0.25, 0.3) is 0 Å². The van der Waals surface area contributed by atoms with Crippen LogP contribution in [-0.2, 0) is 4.74 Å². The molecule has 5 aliphatic rings. The lowest BCUT2D eigenvalue weighted by atomic mass is 10.1. The van der Waals surface area contributed by atoms with Crippen LogP contribution in [0.15, 0.2) is 269 Å². The van der Waals surface area contributed by atoms with Gasteiger partial charge in [-0.3, -0.25) is 47.8 Å². The third-order valence-electron chi connectivity index (χ3n) is 26.8. The minimum absolute atomic E-state index is 0. The van der Waals surface area contributed by atoms with Gasteiger partial charge in [-0.2, -0.15) is 0 Å². The highest BCUT2D eigenvalue weighted by atomic mass is 35.5. The normalized spacial score (nSPS) is 14.5. The molecule has 0 bridgehead atoms. The standard InChI is InChI=1S/C23H24N6.C22H21ClN6.C22H21FN6.C22H20FN5O.C22H20FN5.CH4/c1-16-6-7-21(25-13-16)29-20-15-24-9-8-19(20)27-23(29)18-14-26-22(12-17(18)2)28-10-4-3-5-11-28;2*1-15-11-21(28-9-3-2-4-10-28)26-13-17(15)22-27-18-7-8-24-14-19(18)29(22)20-6-5-16(23)12-25-20;23-16-2-4-18(5-3-16)28-20-14-24-10-7-19(20)27-22(28)15-1-6-21(25-13-15)26-17-8-11-29-12-9-17;23-17-5-7-18(8-6-17)28-20-15-24-11-10-19(20)26-22(28)16-4-9-21(25-14-16)27-12-2-1-3-13-27;/h6-9,12-15H,3-5,10-11H2,1-2H3;2*5-8,11-14H,2-4,9-10H2,1H3;1-7,10,13-14,17H,8-9,11-12H2,(H,25,26);4-11,14-15H,1-3,12-13H2;1H4. The Labute approximate surface area is 842 Å². The van der Waals surface area contributed by atoms with Crippen molar-refractivity contribution in [3.63, 3.8) is 0 Å². The van der Waals surface area contributed by atoms with E-state index in [0.29, 0.717) is 16.9 Å². The van der Waals surface area contributed by atoms with Crippen LogP contribution in [0, 0.1) is 45.1 Å². The first-order valence-electron chi connectivity index (χ1n) is 49.2. The number of imidazole rings is 5. The maximum Gasteiger partial charge on any atom is 0.148 e. The molecule has 33 heteroatoms. The van der Waals surface area contributed by atoms with Gasteiger partial charge in [-0.1, -0.05) is 25.1 Å². The van der Waals surface area contributed by atoms with E-state index >= 15 is 0 Å². The average Bonchev–Trinajstić information content (AvgIpc) is 1.62. The van der Waals surface area contributed by atoms with Crippen molar-refractivity contribution in [2.24, 2.45) is 0 Å². The molecule has 0 radical (unpaired) electrons. The van der Waals surface area contributed by atoms with Gasteiger partial charge in [-0.15, -0.1) is 0 Å². The number of nitrogens with zero attached hydrogens (tertiary/aromatic N) is 27. The summed E-state index contributed by atoms with van der Waals surface area (Å²) in [5, 5.41) is 4.07. The van der Waals surface area contributed by atoms with E-state index in [-0.39, 0.29) is 24.9 Å². The van der Waals surface area contributed by atoms with Crippen molar-refractivity contribution in [1.29, 1.82) is 0 Å². The van der Waals surface area contributed by atoms with E-state index in [1.165, 1.54) is 114 Å². The molecule has 0 amide bonds. The number of hydrogen-bond donors (Lipinski definition) is 1. The molecule has 20 aromatic rings. The Morgan fingerprint density at radius 3 is 0.959 bits per heavy atom. The van der Waals surface area contributed by atoms with Crippen LogP contribution in [0.4, 0.5) is 42.3 Å². The summed E-state index contributed by atoms with van der Waals surface area (Å²) in [4.78, 5) is 91.9. The predicted molar refractivity (Wildman–Crippen MR) is 566 cm³/mol. The summed E-state index contributed by atoms with van der Waals surface area (Å²) in [7, 11) is 0. The summed E-state index contributed by atoms with van der Waals surface area (Å²) >= 11 is 6.05. The van der Waals surface area contributed by atoms with Crippen molar-refractivity contribution in [2.45, 2.75) is 131 Å². The van der Waals surface area contributed by atoms with Gasteiger partial charge in [0.1, 0.15) is 93.1 Å². The number of fused-ring (bicyclic) bond motifs is 5. The number of hydrogen-bond acceptors (Lipinski definition) is 24. The quantitative estimate of drug-likeness (QED) is 0.0940. The highest BCUT2D eigenvalue weighted by molar-refractivity contribution is 6.30. The zero-order valence-electron chi connectivity index (χ0n) is 80.4. The largest absolute Gasteiger partial charge is 0.381 e. The molecule has 25 rings (SSSR count). The fraction of sp³-hybridized carbons (Fsp3) is 0.268. The lowest BCUT2D eigenvalue weighted by molar-refractivity contribution is 0.0904. The zero-order valence-corrected chi connectivity index (χ0v) is 81.2. The number of ether oxygens (including phenoxy) is 1. The molecule has 5 aliphatic heterocycles. The van der Waals surface area contributed by atoms with E-state index in [9.17, 15) is 13.2 Å². The van der Waals surface area contributed by atoms with Gasteiger partial charge in [0.05, 0.1) is 97.4 Å². The Balaban J connectivity index is 0.000000110. The Hall–Kier alpha value is -16.2. The number of aryl methyl sites for hydroxylation is 4. The third-order valence-corrected chi connectivity index (χ3v) is 27.0. The van der Waals surface area contributed by atoms with Gasteiger partial charge in [0, 0.05) is 185 Å². The van der Waals surface area contributed by atoms with Crippen LogP contribution < -0.4 is 24.9 Å². The molecular formula is C112H110ClF3N28O. The highest BCUT2D eigenvalue weighted by Gasteiger charge is 2.28. The first kappa shape index (κ1) is 96.3. The fourth-order valence-corrected chi connectivity index (χ4v) is 19.4. The molecule has 2 aromatic carbocycles. The molecule has 1 N–H and O–H groups in total. The number of anilines is 5. The second-order valence-corrected chi connectivity index (χ2v) is 37.1. The molecule has 5 fully saturated rings. The summed E-state index contributed by atoms with van der Waals surface area (Å²) in [5.41, 5.74) is 19.5. The van der Waals surface area contributed by atoms with Gasteiger partial charge < -0.3 is 29.7 Å². The number of benzene rings is 2. The molecule has 18 aromatic heterocycles. The Morgan fingerprint density at radius 2 is 0.621 bits per heavy atom. The molecule has 732 valence electrons. The number of rotatable bonds is 16. The summed E-state index contributed by atoms with van der Waals surface area (Å²) in [6.07, 6.45) is 48.8. The minimum Gasteiger partial charge on any atom is -0.381 e. The summed E-state index contributed by atoms with van der Waals surface area (Å²) in [6, 6.07) is 48.1. The molecule has 0 spiro atoms. The van der Waals surface area contributed by atoms with Gasteiger partial charge in [-0.25, -0.2) is 78.0 Å². The van der Waals surface area contributed by atoms with Gasteiger partial charge in [0.15, 0.2) is 0 Å². The predicted octanol–water partition coefficient (Wildman–Crippen LogP) is 23.1. The van der Waals surface area contributed by atoms with E-state index in [4.69, 9.17) is 61.2 Å². The average molecular weight is 1960 g/mol. The number of aromatic nitrogens is 23. The van der Waals surface area contributed by atoms with Crippen LogP contribution in [0.25, 0.3) is 141 Å². The lowest BCUT2D eigenvalue weighted by Crippen LogP contribution is -2.30. The fourth-order valence-electron chi connectivity index (χ4n) is 19.2. The van der Waals surface area contributed by atoms with Crippen LogP contribution in [-0.4, -0.2) is 184 Å². The first-order valence-corrected chi connectivity index (χ1v) is 49.6. The second-order valence-electron chi connectivity index (χ2n) is 36.6. The number of piperidine rings is 4. The van der Waals surface area contributed by atoms with Crippen molar-refractivity contribution in [1.82, 2.24) is 113 Å². The van der Waals surface area contributed by atoms with Crippen LogP contribution in [0.5, 0.6) is 0 Å². The van der Waals surface area contributed by atoms with Crippen molar-refractivity contribution in [3.05, 3.63) is 314 Å². The Kier molecular flexibility index (Phi) is 29.3. The zero-order chi connectivity index (χ0) is 97.9. The molecule has 0 saturated carbocycles. The SMILES string of the molecule is C.Cc1cc(N2CCCCC2)ncc1-c1nc2ccncc2n1-c1ccc(Cl)cn1.Cc1cc(N2CCCCC2)ncc1-c1nc2ccncc2n1-c1ccc(F)cn1.Cc1ccc(-n2c(-c3cnc(N4CCCCC4)cc3C)nc3ccncc32)nc1.Fc1ccc(-n2c(-c3ccc(N4CCCCC4)nc3)nc3ccncc32)cc1.Fc1ccc(-n2c(-c3ccc(NC4CCOCC4)nc3)nc3ccncc32)cc1. The molecule has 0 unspecified atom stereocenters.